The molecule has 0 heterocycles. The first-order valence-electron chi connectivity index (χ1n) is 4.08. The molecule has 4 heteroatoms. The normalized spacial score (nSPS) is 9.43. The molecule has 0 aliphatic heterocycles. The fourth-order valence-electron chi connectivity index (χ4n) is 1.25. The van der Waals surface area contributed by atoms with Crippen LogP contribution in [0.25, 0.3) is 0 Å². The number of benzene rings is 1. The summed E-state index contributed by atoms with van der Waals surface area (Å²) in [6.45, 7) is 0. The van der Waals surface area contributed by atoms with Gasteiger partial charge in [-0.1, -0.05) is 28.1 Å². The van der Waals surface area contributed by atoms with Crippen molar-refractivity contribution in [1.82, 2.24) is 0 Å². The second-order valence-corrected chi connectivity index (χ2v) is 3.55. The van der Waals surface area contributed by atoms with Gasteiger partial charge in [-0.25, -0.2) is 0 Å². The molecule has 0 radical (unpaired) electrons. The number of hydrogen-bond donors (Lipinski definition) is 1. The Kier molecular flexibility index (Phi) is 3.66. The van der Waals surface area contributed by atoms with Crippen molar-refractivity contribution in [2.75, 3.05) is 5.33 Å². The van der Waals surface area contributed by atoms with Crippen LogP contribution in [0.15, 0.2) is 18.2 Å². The van der Waals surface area contributed by atoms with E-state index in [1.165, 1.54) is 0 Å². The van der Waals surface area contributed by atoms with Gasteiger partial charge in [-0.15, -0.1) is 0 Å². The minimum atomic E-state index is -0.557. The summed E-state index contributed by atoms with van der Waals surface area (Å²) in [4.78, 5) is 11.0. The molecule has 0 saturated carbocycles. The van der Waals surface area contributed by atoms with E-state index >= 15 is 0 Å². The van der Waals surface area contributed by atoms with E-state index in [0.717, 1.165) is 10.9 Å². The van der Waals surface area contributed by atoms with Gasteiger partial charge >= 0.3 is 0 Å². The lowest BCUT2D eigenvalue weighted by Crippen LogP contribution is -2.14. The highest BCUT2D eigenvalue weighted by molar-refractivity contribution is 9.09. The molecule has 2 N–H and O–H groups in total. The van der Waals surface area contributed by atoms with Gasteiger partial charge in [-0.05, 0) is 18.1 Å². The Morgan fingerprint density at radius 3 is 2.79 bits per heavy atom. The maximum atomic E-state index is 11.0. The molecule has 1 rings (SSSR count). The number of halogens is 1. The number of carbonyl (C=O) groups excluding carboxylic acids is 1. The number of nitrogens with two attached hydrogens (primary N) is 1. The van der Waals surface area contributed by atoms with Crippen molar-refractivity contribution in [2.24, 2.45) is 5.73 Å². The van der Waals surface area contributed by atoms with Gasteiger partial charge in [0.1, 0.15) is 6.07 Å². The predicted octanol–water partition coefficient (Wildman–Crippen LogP) is 1.59. The molecule has 1 amide bonds. The topological polar surface area (TPSA) is 66.9 Å². The minimum absolute atomic E-state index is 0.297. The van der Waals surface area contributed by atoms with Crippen LogP contribution in [-0.2, 0) is 6.42 Å². The highest BCUT2D eigenvalue weighted by Crippen LogP contribution is 2.14. The summed E-state index contributed by atoms with van der Waals surface area (Å²) in [5.41, 5.74) is 6.69. The van der Waals surface area contributed by atoms with Crippen LogP contribution in [-0.4, -0.2) is 11.2 Å². The van der Waals surface area contributed by atoms with Crippen LogP contribution in [0.1, 0.15) is 21.5 Å². The summed E-state index contributed by atoms with van der Waals surface area (Å²) < 4.78 is 0. The monoisotopic (exact) mass is 252 g/mol. The predicted molar refractivity (Wildman–Crippen MR) is 57.2 cm³/mol. The third-order valence-electron chi connectivity index (χ3n) is 1.89. The summed E-state index contributed by atoms with van der Waals surface area (Å²) >= 11 is 3.29. The summed E-state index contributed by atoms with van der Waals surface area (Å²) in [7, 11) is 0. The highest BCUT2D eigenvalue weighted by Gasteiger charge is 2.10. The zero-order chi connectivity index (χ0) is 10.6. The van der Waals surface area contributed by atoms with Crippen molar-refractivity contribution < 1.29 is 4.79 Å². The Balaban J connectivity index is 3.27. The van der Waals surface area contributed by atoms with Crippen molar-refractivity contribution in [3.8, 4) is 6.07 Å². The summed E-state index contributed by atoms with van der Waals surface area (Å²) in [5, 5.41) is 9.66. The Bertz CT molecular complexity index is 396. The molecule has 0 saturated heterocycles. The standard InChI is InChI=1S/C10H9BrN2O/c11-5-4-7-2-1-3-8(10(13)14)9(7)6-12/h1-3H,4-5H2,(H2,13,14). The zero-order valence-electron chi connectivity index (χ0n) is 7.46. The van der Waals surface area contributed by atoms with Crippen molar-refractivity contribution in [3.63, 3.8) is 0 Å². The Labute approximate surface area is 90.7 Å². The van der Waals surface area contributed by atoms with E-state index in [9.17, 15) is 4.79 Å². The van der Waals surface area contributed by atoms with Gasteiger partial charge in [-0.2, -0.15) is 5.26 Å². The molecular weight excluding hydrogens is 244 g/mol. The average Bonchev–Trinajstić information content (AvgIpc) is 2.18. The minimum Gasteiger partial charge on any atom is -0.366 e. The summed E-state index contributed by atoms with van der Waals surface area (Å²) in [5.74, 6) is -0.557. The molecule has 0 fully saturated rings. The van der Waals surface area contributed by atoms with Crippen molar-refractivity contribution >= 4 is 21.8 Å². The molecule has 14 heavy (non-hydrogen) atoms. The maximum absolute atomic E-state index is 11.0. The molecule has 1 aromatic rings. The van der Waals surface area contributed by atoms with Gasteiger partial charge < -0.3 is 5.73 Å². The lowest BCUT2D eigenvalue weighted by atomic mass is 10.00. The molecule has 0 aliphatic rings. The van der Waals surface area contributed by atoms with E-state index in [-0.39, 0.29) is 0 Å². The SMILES string of the molecule is N#Cc1c(CCBr)cccc1C(N)=O. The lowest BCUT2D eigenvalue weighted by Gasteiger charge is -2.04. The van der Waals surface area contributed by atoms with Crippen LogP contribution < -0.4 is 5.73 Å². The van der Waals surface area contributed by atoms with Gasteiger partial charge in [0.15, 0.2) is 0 Å². The van der Waals surface area contributed by atoms with Crippen LogP contribution in [0.5, 0.6) is 0 Å². The lowest BCUT2D eigenvalue weighted by molar-refractivity contribution is 0.1000. The Hall–Kier alpha value is -1.34. The number of aryl methyl sites for hydroxylation is 1. The number of rotatable bonds is 3. The molecule has 0 aromatic heterocycles. The number of hydrogen-bond acceptors (Lipinski definition) is 2. The van der Waals surface area contributed by atoms with E-state index in [2.05, 4.69) is 15.9 Å². The van der Waals surface area contributed by atoms with Crippen molar-refractivity contribution in [1.29, 1.82) is 5.26 Å². The van der Waals surface area contributed by atoms with E-state index < -0.39 is 5.91 Å². The number of alkyl halides is 1. The fourth-order valence-corrected chi connectivity index (χ4v) is 1.67. The molecule has 0 aliphatic carbocycles. The molecule has 1 aromatic carbocycles. The Morgan fingerprint density at radius 2 is 2.29 bits per heavy atom. The molecule has 3 nitrogen and oxygen atoms in total. The van der Waals surface area contributed by atoms with Crippen LogP contribution in [0.3, 0.4) is 0 Å². The second kappa shape index (κ2) is 4.77. The number of amides is 1. The number of carbonyl (C=O) groups is 1. The smallest absolute Gasteiger partial charge is 0.250 e. The quantitative estimate of drug-likeness (QED) is 0.831. The molecule has 0 spiro atoms. The van der Waals surface area contributed by atoms with Crippen molar-refractivity contribution in [2.45, 2.75) is 6.42 Å². The summed E-state index contributed by atoms with van der Waals surface area (Å²) in [6, 6.07) is 7.14. The molecular formula is C10H9BrN2O. The van der Waals surface area contributed by atoms with E-state index in [4.69, 9.17) is 11.0 Å². The van der Waals surface area contributed by atoms with Gasteiger partial charge in [0.2, 0.25) is 5.91 Å². The number of nitriles is 1. The maximum Gasteiger partial charge on any atom is 0.250 e. The number of primary amides is 1. The van der Waals surface area contributed by atoms with Crippen LogP contribution in [0.2, 0.25) is 0 Å². The fraction of sp³-hybridized carbons (Fsp3) is 0.200. The third-order valence-corrected chi connectivity index (χ3v) is 2.29. The van der Waals surface area contributed by atoms with Gasteiger partial charge in [0.05, 0.1) is 11.1 Å². The van der Waals surface area contributed by atoms with E-state index in [1.807, 2.05) is 12.1 Å². The first-order valence-corrected chi connectivity index (χ1v) is 5.20. The van der Waals surface area contributed by atoms with Gasteiger partial charge in [0, 0.05) is 5.33 Å². The second-order valence-electron chi connectivity index (χ2n) is 2.75. The van der Waals surface area contributed by atoms with Crippen LogP contribution >= 0.6 is 15.9 Å². The number of nitrogens with zero attached hydrogens (tertiary/aromatic N) is 1. The van der Waals surface area contributed by atoms with E-state index in [0.29, 0.717) is 17.5 Å². The van der Waals surface area contributed by atoms with Gasteiger partial charge in [-0.3, -0.25) is 4.79 Å². The largest absolute Gasteiger partial charge is 0.366 e. The molecule has 0 atom stereocenters. The first kappa shape index (κ1) is 10.7. The average molecular weight is 253 g/mol. The molecule has 72 valence electrons. The third kappa shape index (κ3) is 2.12. The zero-order valence-corrected chi connectivity index (χ0v) is 9.04. The first-order chi connectivity index (χ1) is 6.70. The summed E-state index contributed by atoms with van der Waals surface area (Å²) in [6.07, 6.45) is 0.712. The van der Waals surface area contributed by atoms with E-state index in [1.54, 1.807) is 12.1 Å². The Morgan fingerprint density at radius 1 is 1.57 bits per heavy atom. The molecule has 0 unspecified atom stereocenters. The van der Waals surface area contributed by atoms with Gasteiger partial charge in [0.25, 0.3) is 0 Å². The highest BCUT2D eigenvalue weighted by atomic mass is 79.9. The van der Waals surface area contributed by atoms with Crippen LogP contribution in [0, 0.1) is 11.3 Å². The molecule has 0 bridgehead atoms. The van der Waals surface area contributed by atoms with Crippen LogP contribution in [0.4, 0.5) is 0 Å². The van der Waals surface area contributed by atoms with Crippen molar-refractivity contribution in [3.05, 3.63) is 34.9 Å².